The number of ether oxygens (including phenoxy) is 1. The van der Waals surface area contributed by atoms with Crippen LogP contribution in [0.2, 0.25) is 0 Å². The molecule has 0 aliphatic carbocycles. The van der Waals surface area contributed by atoms with E-state index in [2.05, 4.69) is 29.8 Å². The van der Waals surface area contributed by atoms with Crippen LogP contribution < -0.4 is 15.4 Å². The summed E-state index contributed by atoms with van der Waals surface area (Å²) in [5.41, 5.74) is 7.78. The molecular weight excluding hydrogens is 250 g/mol. The van der Waals surface area contributed by atoms with Crippen LogP contribution in [0.3, 0.4) is 0 Å². The summed E-state index contributed by atoms with van der Waals surface area (Å²) >= 11 is 0. The maximum atomic E-state index is 5.85. The number of nitrogen functional groups attached to an aromatic ring is 1. The van der Waals surface area contributed by atoms with Crippen molar-refractivity contribution in [1.82, 2.24) is 4.98 Å². The monoisotopic (exact) mass is 271 g/mol. The SMILES string of the molecule is COc1cccnc1N(Cc1cccc(N)c1)C(C)C. The lowest BCUT2D eigenvalue weighted by atomic mass is 10.1. The van der Waals surface area contributed by atoms with Crippen molar-refractivity contribution in [3.63, 3.8) is 0 Å². The average molecular weight is 271 g/mol. The van der Waals surface area contributed by atoms with Crippen LogP contribution in [-0.4, -0.2) is 18.1 Å². The zero-order valence-corrected chi connectivity index (χ0v) is 12.2. The van der Waals surface area contributed by atoms with Crippen LogP contribution in [0.25, 0.3) is 0 Å². The second-order valence-corrected chi connectivity index (χ2v) is 5.00. The Balaban J connectivity index is 2.32. The van der Waals surface area contributed by atoms with E-state index in [-0.39, 0.29) is 0 Å². The maximum absolute atomic E-state index is 5.85. The summed E-state index contributed by atoms with van der Waals surface area (Å²) in [7, 11) is 1.67. The first-order valence-corrected chi connectivity index (χ1v) is 6.72. The maximum Gasteiger partial charge on any atom is 0.171 e. The van der Waals surface area contributed by atoms with Crippen molar-refractivity contribution in [1.29, 1.82) is 0 Å². The minimum Gasteiger partial charge on any atom is -0.493 e. The van der Waals surface area contributed by atoms with E-state index in [1.54, 1.807) is 13.3 Å². The fourth-order valence-electron chi connectivity index (χ4n) is 2.15. The predicted molar refractivity (Wildman–Crippen MR) is 83.0 cm³/mol. The molecule has 1 aromatic heterocycles. The lowest BCUT2D eigenvalue weighted by Crippen LogP contribution is -2.31. The molecular formula is C16H21N3O. The van der Waals surface area contributed by atoms with Gasteiger partial charge in [0.25, 0.3) is 0 Å². The molecule has 4 heteroatoms. The van der Waals surface area contributed by atoms with Crippen molar-refractivity contribution in [3.05, 3.63) is 48.2 Å². The summed E-state index contributed by atoms with van der Waals surface area (Å²) in [4.78, 5) is 6.66. The summed E-state index contributed by atoms with van der Waals surface area (Å²) in [6.07, 6.45) is 1.78. The van der Waals surface area contributed by atoms with Crippen LogP contribution in [0.15, 0.2) is 42.6 Å². The minimum atomic E-state index is 0.306. The molecule has 4 nitrogen and oxygen atoms in total. The zero-order valence-electron chi connectivity index (χ0n) is 12.2. The molecule has 0 aliphatic rings. The number of pyridine rings is 1. The van der Waals surface area contributed by atoms with E-state index in [1.165, 1.54) is 0 Å². The van der Waals surface area contributed by atoms with Crippen molar-refractivity contribution >= 4 is 11.5 Å². The molecule has 1 heterocycles. The molecule has 0 fully saturated rings. The molecule has 2 N–H and O–H groups in total. The smallest absolute Gasteiger partial charge is 0.171 e. The van der Waals surface area contributed by atoms with Gasteiger partial charge < -0.3 is 15.4 Å². The first-order valence-electron chi connectivity index (χ1n) is 6.72. The lowest BCUT2D eigenvalue weighted by Gasteiger charge is -2.29. The highest BCUT2D eigenvalue weighted by atomic mass is 16.5. The van der Waals surface area contributed by atoms with Gasteiger partial charge in [-0.3, -0.25) is 0 Å². The Morgan fingerprint density at radius 2 is 2.05 bits per heavy atom. The fourth-order valence-corrected chi connectivity index (χ4v) is 2.15. The molecule has 1 aromatic carbocycles. The van der Waals surface area contributed by atoms with Gasteiger partial charge in [0.1, 0.15) is 0 Å². The normalized spacial score (nSPS) is 10.6. The van der Waals surface area contributed by atoms with E-state index in [0.717, 1.165) is 29.4 Å². The molecule has 2 aromatic rings. The van der Waals surface area contributed by atoms with E-state index in [0.29, 0.717) is 6.04 Å². The van der Waals surface area contributed by atoms with Gasteiger partial charge in [-0.1, -0.05) is 12.1 Å². The molecule has 20 heavy (non-hydrogen) atoms. The first kappa shape index (κ1) is 14.2. The molecule has 0 saturated carbocycles. The highest BCUT2D eigenvalue weighted by Crippen LogP contribution is 2.28. The van der Waals surface area contributed by atoms with Gasteiger partial charge in [0.2, 0.25) is 0 Å². The van der Waals surface area contributed by atoms with Crippen molar-refractivity contribution < 1.29 is 4.74 Å². The number of aromatic nitrogens is 1. The van der Waals surface area contributed by atoms with Gasteiger partial charge in [0.05, 0.1) is 7.11 Å². The van der Waals surface area contributed by atoms with Gasteiger partial charge >= 0.3 is 0 Å². The van der Waals surface area contributed by atoms with Crippen LogP contribution in [0.5, 0.6) is 5.75 Å². The van der Waals surface area contributed by atoms with Crippen LogP contribution in [-0.2, 0) is 6.54 Å². The number of rotatable bonds is 5. The molecule has 0 radical (unpaired) electrons. The van der Waals surface area contributed by atoms with Crippen molar-refractivity contribution in [2.24, 2.45) is 0 Å². The Morgan fingerprint density at radius 1 is 1.25 bits per heavy atom. The average Bonchev–Trinajstić information content (AvgIpc) is 2.44. The Labute approximate surface area is 120 Å². The van der Waals surface area contributed by atoms with E-state index in [1.807, 2.05) is 30.3 Å². The van der Waals surface area contributed by atoms with E-state index in [4.69, 9.17) is 10.5 Å². The molecule has 106 valence electrons. The standard InChI is InChI=1S/C16H21N3O/c1-12(2)19(11-13-6-4-7-14(17)10-13)16-15(20-3)8-5-9-18-16/h4-10,12H,11,17H2,1-3H3. The second kappa shape index (κ2) is 6.28. The Morgan fingerprint density at radius 3 is 2.70 bits per heavy atom. The molecule has 0 unspecified atom stereocenters. The van der Waals surface area contributed by atoms with Gasteiger partial charge in [0, 0.05) is 24.5 Å². The summed E-state index contributed by atoms with van der Waals surface area (Å²) in [6.45, 7) is 5.02. The molecule has 0 amide bonds. The van der Waals surface area contributed by atoms with E-state index >= 15 is 0 Å². The third kappa shape index (κ3) is 3.20. The third-order valence-corrected chi connectivity index (χ3v) is 3.17. The number of hydrogen-bond donors (Lipinski definition) is 1. The van der Waals surface area contributed by atoms with Crippen molar-refractivity contribution in [2.45, 2.75) is 26.4 Å². The van der Waals surface area contributed by atoms with Gasteiger partial charge in [-0.05, 0) is 43.7 Å². The van der Waals surface area contributed by atoms with Crippen LogP contribution in [0, 0.1) is 0 Å². The van der Waals surface area contributed by atoms with E-state index < -0.39 is 0 Å². The number of methoxy groups -OCH3 is 1. The third-order valence-electron chi connectivity index (χ3n) is 3.17. The Kier molecular flexibility index (Phi) is 4.45. The number of hydrogen-bond acceptors (Lipinski definition) is 4. The molecule has 0 spiro atoms. The Bertz CT molecular complexity index is 569. The largest absolute Gasteiger partial charge is 0.493 e. The van der Waals surface area contributed by atoms with Gasteiger partial charge in [-0.2, -0.15) is 0 Å². The number of nitrogens with zero attached hydrogens (tertiary/aromatic N) is 2. The van der Waals surface area contributed by atoms with E-state index in [9.17, 15) is 0 Å². The van der Waals surface area contributed by atoms with Crippen LogP contribution in [0.4, 0.5) is 11.5 Å². The van der Waals surface area contributed by atoms with Crippen molar-refractivity contribution in [2.75, 3.05) is 17.7 Å². The summed E-state index contributed by atoms with van der Waals surface area (Å²) < 4.78 is 5.41. The zero-order chi connectivity index (χ0) is 14.5. The molecule has 2 rings (SSSR count). The van der Waals surface area contributed by atoms with Crippen LogP contribution in [0.1, 0.15) is 19.4 Å². The topological polar surface area (TPSA) is 51.4 Å². The Hall–Kier alpha value is -2.23. The lowest BCUT2D eigenvalue weighted by molar-refractivity contribution is 0.411. The molecule has 0 atom stereocenters. The summed E-state index contributed by atoms with van der Waals surface area (Å²) in [5, 5.41) is 0. The van der Waals surface area contributed by atoms with Gasteiger partial charge in [-0.25, -0.2) is 4.98 Å². The van der Waals surface area contributed by atoms with Crippen LogP contribution >= 0.6 is 0 Å². The second-order valence-electron chi connectivity index (χ2n) is 5.00. The highest BCUT2D eigenvalue weighted by molar-refractivity contribution is 5.53. The summed E-state index contributed by atoms with van der Waals surface area (Å²) in [6, 6.07) is 12.0. The fraction of sp³-hybridized carbons (Fsp3) is 0.312. The predicted octanol–water partition coefficient (Wildman–Crippen LogP) is 3.09. The van der Waals surface area contributed by atoms with Gasteiger partial charge in [0.15, 0.2) is 11.6 Å². The minimum absolute atomic E-state index is 0.306. The van der Waals surface area contributed by atoms with Gasteiger partial charge in [-0.15, -0.1) is 0 Å². The summed E-state index contributed by atoms with van der Waals surface area (Å²) in [5.74, 6) is 1.64. The molecule has 0 saturated heterocycles. The number of benzene rings is 1. The number of nitrogens with two attached hydrogens (primary N) is 1. The first-order chi connectivity index (χ1) is 9.61. The highest BCUT2D eigenvalue weighted by Gasteiger charge is 2.16. The molecule has 0 bridgehead atoms. The quantitative estimate of drug-likeness (QED) is 0.849. The molecule has 0 aliphatic heterocycles. The number of anilines is 2. The van der Waals surface area contributed by atoms with Crippen molar-refractivity contribution in [3.8, 4) is 5.75 Å².